The van der Waals surface area contributed by atoms with E-state index in [4.69, 9.17) is 5.26 Å². The van der Waals surface area contributed by atoms with Crippen molar-refractivity contribution in [1.82, 2.24) is 14.8 Å². The molecule has 1 aromatic carbocycles. The Kier molecular flexibility index (Phi) is 4.53. The molecule has 0 aliphatic carbocycles. The van der Waals surface area contributed by atoms with Crippen molar-refractivity contribution in [3.8, 4) is 6.07 Å². The molecule has 124 valence electrons. The average molecular weight is 335 g/mol. The van der Waals surface area contributed by atoms with Crippen molar-refractivity contribution in [2.24, 2.45) is 7.05 Å². The van der Waals surface area contributed by atoms with Crippen molar-refractivity contribution in [1.29, 1.82) is 5.26 Å². The van der Waals surface area contributed by atoms with Crippen LogP contribution < -0.4 is 5.32 Å². The number of anilines is 1. The number of carbonyl (C=O) groups is 1. The molecule has 0 aliphatic heterocycles. The van der Waals surface area contributed by atoms with Crippen molar-refractivity contribution in [2.75, 3.05) is 5.32 Å². The molecule has 6 nitrogen and oxygen atoms in total. The number of hydrogen-bond acceptors (Lipinski definition) is 4. The number of rotatable bonds is 4. The lowest BCUT2D eigenvalue weighted by molar-refractivity contribution is 0.102. The van der Waals surface area contributed by atoms with Gasteiger partial charge < -0.3 is 5.32 Å². The van der Waals surface area contributed by atoms with E-state index < -0.39 is 5.82 Å². The fraction of sp³-hybridized carbons (Fsp3) is 0.111. The molecule has 0 aliphatic rings. The Morgan fingerprint density at radius 1 is 1.28 bits per heavy atom. The quantitative estimate of drug-likeness (QED) is 0.794. The lowest BCUT2D eigenvalue weighted by Gasteiger charge is -2.05. The molecule has 0 spiro atoms. The van der Waals surface area contributed by atoms with Gasteiger partial charge in [-0.05, 0) is 47.9 Å². The summed E-state index contributed by atoms with van der Waals surface area (Å²) in [5.41, 5.74) is 2.10. The number of aryl methyl sites for hydroxylation is 1. The highest BCUT2D eigenvalue weighted by Gasteiger charge is 2.10. The van der Waals surface area contributed by atoms with Gasteiger partial charge in [0.2, 0.25) is 0 Å². The first-order valence-corrected chi connectivity index (χ1v) is 7.49. The SMILES string of the molecule is Cn1ccc(C(=O)Nc2ccc(Cc3cc(F)cc(C#N)c3)cn2)n1. The van der Waals surface area contributed by atoms with Gasteiger partial charge in [0, 0.05) is 19.4 Å². The van der Waals surface area contributed by atoms with Crippen LogP contribution in [-0.4, -0.2) is 20.7 Å². The molecular formula is C18H14FN5O. The number of nitrogens with one attached hydrogen (secondary N) is 1. The highest BCUT2D eigenvalue weighted by atomic mass is 19.1. The average Bonchev–Trinajstić information content (AvgIpc) is 3.03. The first kappa shape index (κ1) is 16.3. The van der Waals surface area contributed by atoms with Gasteiger partial charge in [-0.2, -0.15) is 10.4 Å². The van der Waals surface area contributed by atoms with Crippen LogP contribution in [-0.2, 0) is 13.5 Å². The van der Waals surface area contributed by atoms with Crippen molar-refractivity contribution in [2.45, 2.75) is 6.42 Å². The van der Waals surface area contributed by atoms with Gasteiger partial charge in [0.15, 0.2) is 5.69 Å². The lowest BCUT2D eigenvalue weighted by atomic mass is 10.0. The van der Waals surface area contributed by atoms with Gasteiger partial charge >= 0.3 is 0 Å². The van der Waals surface area contributed by atoms with E-state index in [9.17, 15) is 9.18 Å². The van der Waals surface area contributed by atoms with Crippen LogP contribution in [0.3, 0.4) is 0 Å². The molecular weight excluding hydrogens is 321 g/mol. The number of nitrogens with zero attached hydrogens (tertiary/aromatic N) is 4. The highest BCUT2D eigenvalue weighted by Crippen LogP contribution is 2.14. The van der Waals surface area contributed by atoms with Crippen LogP contribution in [0.5, 0.6) is 0 Å². The maximum Gasteiger partial charge on any atom is 0.277 e. The summed E-state index contributed by atoms with van der Waals surface area (Å²) >= 11 is 0. The molecule has 25 heavy (non-hydrogen) atoms. The maximum atomic E-state index is 13.5. The Balaban J connectivity index is 1.69. The van der Waals surface area contributed by atoms with Gasteiger partial charge in [-0.1, -0.05) is 6.07 Å². The molecule has 7 heteroatoms. The number of carbonyl (C=O) groups excluding carboxylic acids is 1. The van der Waals surface area contributed by atoms with Gasteiger partial charge in [0.05, 0.1) is 11.6 Å². The first-order valence-electron chi connectivity index (χ1n) is 7.49. The molecule has 3 aromatic rings. The Labute approximate surface area is 143 Å². The Morgan fingerprint density at radius 3 is 2.76 bits per heavy atom. The molecule has 0 saturated heterocycles. The van der Waals surface area contributed by atoms with Crippen LogP contribution in [0.1, 0.15) is 27.2 Å². The third kappa shape index (κ3) is 4.06. The van der Waals surface area contributed by atoms with Gasteiger partial charge in [0.25, 0.3) is 5.91 Å². The van der Waals surface area contributed by atoms with E-state index in [0.29, 0.717) is 23.5 Å². The van der Waals surface area contributed by atoms with Crippen LogP contribution in [0.4, 0.5) is 10.2 Å². The van der Waals surface area contributed by atoms with Crippen LogP contribution >= 0.6 is 0 Å². The Morgan fingerprint density at radius 2 is 2.12 bits per heavy atom. The zero-order chi connectivity index (χ0) is 17.8. The van der Waals surface area contributed by atoms with Gasteiger partial charge in [0.1, 0.15) is 11.6 Å². The number of amides is 1. The molecule has 0 bridgehead atoms. The number of pyridine rings is 1. The Bertz CT molecular complexity index is 956. The number of hydrogen-bond donors (Lipinski definition) is 1. The minimum atomic E-state index is -0.443. The van der Waals surface area contributed by atoms with E-state index in [-0.39, 0.29) is 11.5 Å². The summed E-state index contributed by atoms with van der Waals surface area (Å²) in [6.45, 7) is 0. The summed E-state index contributed by atoms with van der Waals surface area (Å²) in [6, 6.07) is 11.2. The second kappa shape index (κ2) is 6.93. The van der Waals surface area contributed by atoms with Crippen LogP contribution in [0.15, 0.2) is 48.8 Å². The minimum Gasteiger partial charge on any atom is -0.305 e. The van der Waals surface area contributed by atoms with E-state index in [1.165, 1.54) is 12.1 Å². The summed E-state index contributed by atoms with van der Waals surface area (Å²) < 4.78 is 15.0. The summed E-state index contributed by atoms with van der Waals surface area (Å²) in [4.78, 5) is 16.2. The molecule has 0 fully saturated rings. The molecule has 1 amide bonds. The van der Waals surface area contributed by atoms with Crippen LogP contribution in [0, 0.1) is 17.1 Å². The van der Waals surface area contributed by atoms with E-state index in [2.05, 4.69) is 15.4 Å². The van der Waals surface area contributed by atoms with Crippen molar-refractivity contribution in [3.63, 3.8) is 0 Å². The third-order valence-corrected chi connectivity index (χ3v) is 3.51. The normalized spacial score (nSPS) is 10.3. The fourth-order valence-electron chi connectivity index (χ4n) is 2.37. The lowest BCUT2D eigenvalue weighted by Crippen LogP contribution is -2.14. The molecule has 0 atom stereocenters. The second-order valence-corrected chi connectivity index (χ2v) is 5.52. The number of nitriles is 1. The summed E-state index contributed by atoms with van der Waals surface area (Å²) in [7, 11) is 1.73. The van der Waals surface area contributed by atoms with Crippen molar-refractivity contribution in [3.05, 3.63) is 77.0 Å². The fourth-order valence-corrected chi connectivity index (χ4v) is 2.37. The van der Waals surface area contributed by atoms with Crippen LogP contribution in [0.2, 0.25) is 0 Å². The number of aromatic nitrogens is 3. The second-order valence-electron chi connectivity index (χ2n) is 5.52. The van der Waals surface area contributed by atoms with Gasteiger partial charge in [-0.25, -0.2) is 9.37 Å². The molecule has 0 unspecified atom stereocenters. The molecule has 0 saturated carbocycles. The molecule has 2 aromatic heterocycles. The zero-order valence-corrected chi connectivity index (χ0v) is 13.4. The summed E-state index contributed by atoms with van der Waals surface area (Å²) in [6.07, 6.45) is 3.72. The zero-order valence-electron chi connectivity index (χ0n) is 13.4. The number of benzene rings is 1. The van der Waals surface area contributed by atoms with E-state index in [0.717, 1.165) is 5.56 Å². The summed E-state index contributed by atoms with van der Waals surface area (Å²) in [5, 5.41) is 15.6. The highest BCUT2D eigenvalue weighted by molar-refractivity contribution is 6.02. The van der Waals surface area contributed by atoms with Crippen molar-refractivity contribution < 1.29 is 9.18 Å². The van der Waals surface area contributed by atoms with E-state index >= 15 is 0 Å². The topological polar surface area (TPSA) is 83.6 Å². The van der Waals surface area contributed by atoms with Crippen molar-refractivity contribution >= 4 is 11.7 Å². The largest absolute Gasteiger partial charge is 0.305 e. The number of halogens is 1. The molecule has 1 N–H and O–H groups in total. The minimum absolute atomic E-state index is 0.280. The molecule has 3 rings (SSSR count). The predicted octanol–water partition coefficient (Wildman–Crippen LogP) is 2.67. The van der Waals surface area contributed by atoms with Gasteiger partial charge in [-0.3, -0.25) is 9.48 Å². The van der Waals surface area contributed by atoms with Gasteiger partial charge in [-0.15, -0.1) is 0 Å². The maximum absolute atomic E-state index is 13.5. The Hall–Kier alpha value is -3.53. The van der Waals surface area contributed by atoms with E-state index in [1.54, 1.807) is 48.4 Å². The summed E-state index contributed by atoms with van der Waals surface area (Å²) in [5.74, 6) is -0.387. The van der Waals surface area contributed by atoms with Crippen LogP contribution in [0.25, 0.3) is 0 Å². The smallest absolute Gasteiger partial charge is 0.277 e. The predicted molar refractivity (Wildman–Crippen MR) is 89.3 cm³/mol. The molecule has 0 radical (unpaired) electrons. The monoisotopic (exact) mass is 335 g/mol. The first-order chi connectivity index (χ1) is 12.0. The third-order valence-electron chi connectivity index (χ3n) is 3.51. The van der Waals surface area contributed by atoms with E-state index in [1.807, 2.05) is 6.07 Å². The molecule has 2 heterocycles. The standard InChI is InChI=1S/C18H14FN5O/c1-24-5-4-16(23-24)18(25)22-17-3-2-12(11-21-17)6-13-7-14(10-20)9-15(19)8-13/h2-5,7-9,11H,6H2,1H3,(H,21,22,25).